The molecule has 0 aliphatic rings. The predicted octanol–water partition coefficient (Wildman–Crippen LogP) is 5.54. The molecule has 144 valence electrons. The lowest BCUT2D eigenvalue weighted by Gasteiger charge is -2.07. The highest BCUT2D eigenvalue weighted by atomic mass is 35.5. The van der Waals surface area contributed by atoms with Crippen molar-refractivity contribution in [3.63, 3.8) is 0 Å². The minimum Gasteiger partial charge on any atom is -0.489 e. The first-order chi connectivity index (χ1) is 14.1. The number of benzene rings is 3. The molecule has 29 heavy (non-hydrogen) atoms. The van der Waals surface area contributed by atoms with Crippen LogP contribution in [0.4, 0.5) is 5.69 Å². The van der Waals surface area contributed by atoms with E-state index in [1.54, 1.807) is 36.4 Å². The van der Waals surface area contributed by atoms with E-state index in [9.17, 15) is 10.1 Å². The van der Waals surface area contributed by atoms with Crippen LogP contribution in [0.2, 0.25) is 5.02 Å². The topological polar surface area (TPSA) is 91.3 Å². The van der Waals surface area contributed by atoms with Gasteiger partial charge in [-0.2, -0.15) is 4.98 Å². The van der Waals surface area contributed by atoms with Crippen LogP contribution in [-0.2, 0) is 6.61 Å². The summed E-state index contributed by atoms with van der Waals surface area (Å²) in [6.07, 6.45) is 0. The number of halogens is 1. The molecule has 1 aromatic heterocycles. The molecular weight excluding hydrogens is 394 g/mol. The molecular formula is C21H14ClN3O4. The van der Waals surface area contributed by atoms with Crippen molar-refractivity contribution in [3.05, 3.63) is 93.5 Å². The normalized spacial score (nSPS) is 10.7. The number of aromatic nitrogens is 2. The summed E-state index contributed by atoms with van der Waals surface area (Å²) in [4.78, 5) is 14.8. The highest BCUT2D eigenvalue weighted by Crippen LogP contribution is 2.26. The van der Waals surface area contributed by atoms with Gasteiger partial charge in [0, 0.05) is 33.8 Å². The standard InChI is InChI=1S/C21H14ClN3O4/c22-19-7-2-1-4-16(19)13-28-18-10-8-14(9-11-18)21-23-20(24-29-21)15-5-3-6-17(12-15)25(26)27/h1-12H,13H2. The number of hydrogen-bond donors (Lipinski definition) is 0. The van der Waals surface area contributed by atoms with E-state index in [1.165, 1.54) is 12.1 Å². The summed E-state index contributed by atoms with van der Waals surface area (Å²) >= 11 is 6.13. The lowest BCUT2D eigenvalue weighted by Crippen LogP contribution is -1.95. The summed E-state index contributed by atoms with van der Waals surface area (Å²) < 4.78 is 11.1. The van der Waals surface area contributed by atoms with Crippen LogP contribution >= 0.6 is 11.6 Å². The number of non-ortho nitro benzene ring substituents is 1. The zero-order valence-corrected chi connectivity index (χ0v) is 15.7. The number of nitro benzene ring substituents is 1. The molecule has 4 rings (SSSR count). The summed E-state index contributed by atoms with van der Waals surface area (Å²) in [5, 5.41) is 15.5. The fourth-order valence-electron chi connectivity index (χ4n) is 2.69. The first kappa shape index (κ1) is 18.6. The molecule has 4 aromatic rings. The molecule has 0 saturated heterocycles. The number of ether oxygens (including phenoxy) is 1. The van der Waals surface area contributed by atoms with Gasteiger partial charge >= 0.3 is 0 Å². The van der Waals surface area contributed by atoms with Crippen LogP contribution < -0.4 is 4.74 Å². The lowest BCUT2D eigenvalue weighted by molar-refractivity contribution is -0.384. The largest absolute Gasteiger partial charge is 0.489 e. The summed E-state index contributed by atoms with van der Waals surface area (Å²) in [5.74, 6) is 1.26. The summed E-state index contributed by atoms with van der Waals surface area (Å²) in [6, 6.07) is 20.8. The van der Waals surface area contributed by atoms with Crippen LogP contribution in [0.15, 0.2) is 77.3 Å². The van der Waals surface area contributed by atoms with Crippen molar-refractivity contribution in [1.29, 1.82) is 0 Å². The van der Waals surface area contributed by atoms with Crippen molar-refractivity contribution in [2.45, 2.75) is 6.61 Å². The van der Waals surface area contributed by atoms with Gasteiger partial charge in [0.25, 0.3) is 11.6 Å². The molecule has 0 amide bonds. The molecule has 0 saturated carbocycles. The molecule has 0 N–H and O–H groups in total. The average molecular weight is 408 g/mol. The van der Waals surface area contributed by atoms with Crippen molar-refractivity contribution in [2.75, 3.05) is 0 Å². The fraction of sp³-hybridized carbons (Fsp3) is 0.0476. The van der Waals surface area contributed by atoms with Gasteiger partial charge in [-0.15, -0.1) is 0 Å². The van der Waals surface area contributed by atoms with E-state index in [4.69, 9.17) is 20.9 Å². The second kappa shape index (κ2) is 8.12. The van der Waals surface area contributed by atoms with Crippen molar-refractivity contribution in [2.24, 2.45) is 0 Å². The number of nitro groups is 1. The molecule has 8 heteroatoms. The van der Waals surface area contributed by atoms with Gasteiger partial charge in [0.05, 0.1) is 4.92 Å². The third kappa shape index (κ3) is 4.25. The molecule has 0 unspecified atom stereocenters. The van der Waals surface area contributed by atoms with Crippen LogP contribution in [0.25, 0.3) is 22.8 Å². The molecule has 0 aliphatic carbocycles. The molecule has 0 atom stereocenters. The van der Waals surface area contributed by atoms with Crippen LogP contribution in [0.1, 0.15) is 5.56 Å². The van der Waals surface area contributed by atoms with Crippen LogP contribution in [-0.4, -0.2) is 15.1 Å². The summed E-state index contributed by atoms with van der Waals surface area (Å²) in [7, 11) is 0. The molecule has 1 heterocycles. The van der Waals surface area contributed by atoms with E-state index in [-0.39, 0.29) is 11.5 Å². The Hall–Kier alpha value is -3.71. The second-order valence-corrected chi connectivity index (χ2v) is 6.54. The Balaban J connectivity index is 1.48. The molecule has 7 nitrogen and oxygen atoms in total. The maximum absolute atomic E-state index is 10.9. The van der Waals surface area contributed by atoms with Crippen molar-refractivity contribution in [3.8, 4) is 28.6 Å². The smallest absolute Gasteiger partial charge is 0.270 e. The van der Waals surface area contributed by atoms with Crippen LogP contribution in [0.5, 0.6) is 5.75 Å². The lowest BCUT2D eigenvalue weighted by atomic mass is 10.2. The second-order valence-electron chi connectivity index (χ2n) is 6.14. The Bertz CT molecular complexity index is 1160. The predicted molar refractivity (Wildman–Crippen MR) is 108 cm³/mol. The van der Waals surface area contributed by atoms with E-state index >= 15 is 0 Å². The highest BCUT2D eigenvalue weighted by Gasteiger charge is 2.14. The minimum absolute atomic E-state index is 0.0335. The average Bonchev–Trinajstić information content (AvgIpc) is 3.24. The molecule has 3 aromatic carbocycles. The van der Waals surface area contributed by atoms with Gasteiger partial charge in [-0.3, -0.25) is 10.1 Å². The zero-order chi connectivity index (χ0) is 20.2. The van der Waals surface area contributed by atoms with E-state index in [0.717, 1.165) is 5.56 Å². The maximum atomic E-state index is 10.9. The van der Waals surface area contributed by atoms with Gasteiger partial charge in [0.1, 0.15) is 12.4 Å². The Kier molecular flexibility index (Phi) is 5.22. The molecule has 0 bridgehead atoms. The first-order valence-corrected chi connectivity index (χ1v) is 9.03. The summed E-state index contributed by atoms with van der Waals surface area (Å²) in [5.41, 5.74) is 2.08. The van der Waals surface area contributed by atoms with E-state index in [2.05, 4.69) is 10.1 Å². The first-order valence-electron chi connectivity index (χ1n) is 8.65. The molecule has 0 fully saturated rings. The quantitative estimate of drug-likeness (QED) is 0.307. The monoisotopic (exact) mass is 407 g/mol. The Labute approximate surface area is 170 Å². The number of nitrogens with zero attached hydrogens (tertiary/aromatic N) is 3. The Morgan fingerprint density at radius 1 is 1.00 bits per heavy atom. The number of rotatable bonds is 6. The molecule has 0 aliphatic heterocycles. The maximum Gasteiger partial charge on any atom is 0.270 e. The van der Waals surface area contributed by atoms with Gasteiger partial charge in [0.15, 0.2) is 0 Å². The highest BCUT2D eigenvalue weighted by molar-refractivity contribution is 6.31. The van der Waals surface area contributed by atoms with Gasteiger partial charge in [-0.25, -0.2) is 0 Å². The van der Waals surface area contributed by atoms with E-state index < -0.39 is 4.92 Å². The fourth-order valence-corrected chi connectivity index (χ4v) is 2.88. The van der Waals surface area contributed by atoms with Crippen LogP contribution in [0.3, 0.4) is 0 Å². The van der Waals surface area contributed by atoms with Crippen molar-refractivity contribution in [1.82, 2.24) is 10.1 Å². The van der Waals surface area contributed by atoms with Crippen molar-refractivity contribution >= 4 is 17.3 Å². The van der Waals surface area contributed by atoms with Gasteiger partial charge in [0.2, 0.25) is 5.82 Å². The molecule has 0 spiro atoms. The van der Waals surface area contributed by atoms with E-state index in [0.29, 0.717) is 34.4 Å². The van der Waals surface area contributed by atoms with Gasteiger partial charge < -0.3 is 9.26 Å². The Morgan fingerprint density at radius 2 is 1.79 bits per heavy atom. The number of hydrogen-bond acceptors (Lipinski definition) is 6. The van der Waals surface area contributed by atoms with E-state index in [1.807, 2.05) is 24.3 Å². The van der Waals surface area contributed by atoms with Gasteiger partial charge in [-0.05, 0) is 30.3 Å². The van der Waals surface area contributed by atoms with Gasteiger partial charge in [-0.1, -0.05) is 47.1 Å². The Morgan fingerprint density at radius 3 is 2.55 bits per heavy atom. The summed E-state index contributed by atoms with van der Waals surface area (Å²) in [6.45, 7) is 0.358. The SMILES string of the molecule is O=[N+]([O-])c1cccc(-c2noc(-c3ccc(OCc4ccccc4Cl)cc3)n2)c1. The third-order valence-corrected chi connectivity index (χ3v) is 4.56. The van der Waals surface area contributed by atoms with Crippen LogP contribution in [0, 0.1) is 10.1 Å². The molecule has 0 radical (unpaired) electrons. The third-order valence-electron chi connectivity index (χ3n) is 4.19. The minimum atomic E-state index is -0.466. The van der Waals surface area contributed by atoms with Crippen molar-refractivity contribution < 1.29 is 14.2 Å². The zero-order valence-electron chi connectivity index (χ0n) is 15.0.